The zero-order valence-corrected chi connectivity index (χ0v) is 19.8. The standard InChI is InChI=1S/C27H25BrN2O3/c28-24-10-4-2-7-21(24)18-29-14-16-30(17-15-29)27(31)26-13-12-22(33-26)19-32-25-11-5-8-20-6-1-3-9-23(20)25/h1-13H,14-19H2. The fraction of sp³-hybridized carbons (Fsp3) is 0.222. The van der Waals surface area contributed by atoms with Crippen molar-refractivity contribution in [3.8, 4) is 5.75 Å². The molecule has 1 fully saturated rings. The zero-order chi connectivity index (χ0) is 22.6. The first-order valence-electron chi connectivity index (χ1n) is 11.1. The molecule has 4 aromatic rings. The molecule has 0 bridgehead atoms. The van der Waals surface area contributed by atoms with Crippen molar-refractivity contribution >= 4 is 32.6 Å². The van der Waals surface area contributed by atoms with Crippen molar-refractivity contribution in [1.29, 1.82) is 0 Å². The van der Waals surface area contributed by atoms with Gasteiger partial charge in [0, 0.05) is 42.6 Å². The van der Waals surface area contributed by atoms with Gasteiger partial charge in [-0.3, -0.25) is 9.69 Å². The summed E-state index contributed by atoms with van der Waals surface area (Å²) in [5.41, 5.74) is 1.26. The van der Waals surface area contributed by atoms with Gasteiger partial charge in [-0.05, 0) is 35.2 Å². The molecule has 1 amide bonds. The number of furan rings is 1. The molecule has 0 N–H and O–H groups in total. The van der Waals surface area contributed by atoms with E-state index in [1.54, 1.807) is 6.07 Å². The molecule has 33 heavy (non-hydrogen) atoms. The van der Waals surface area contributed by atoms with Crippen LogP contribution in [-0.2, 0) is 13.2 Å². The Kier molecular flexibility index (Phi) is 6.46. The Balaban J connectivity index is 1.16. The molecule has 0 aliphatic carbocycles. The van der Waals surface area contributed by atoms with Crippen molar-refractivity contribution in [2.75, 3.05) is 26.2 Å². The Morgan fingerprint density at radius 2 is 1.64 bits per heavy atom. The Labute approximate surface area is 201 Å². The van der Waals surface area contributed by atoms with Gasteiger partial charge in [0.1, 0.15) is 18.1 Å². The second kappa shape index (κ2) is 9.81. The molecule has 0 unspecified atom stereocenters. The van der Waals surface area contributed by atoms with E-state index in [1.165, 1.54) is 5.56 Å². The number of halogens is 1. The number of carbonyl (C=O) groups is 1. The molecule has 2 heterocycles. The summed E-state index contributed by atoms with van der Waals surface area (Å²) in [5, 5.41) is 2.19. The Morgan fingerprint density at radius 3 is 2.48 bits per heavy atom. The molecular formula is C27H25BrN2O3. The molecule has 1 aliphatic heterocycles. The lowest BCUT2D eigenvalue weighted by molar-refractivity contribution is 0.0594. The van der Waals surface area contributed by atoms with E-state index >= 15 is 0 Å². The molecule has 1 aromatic heterocycles. The number of rotatable bonds is 6. The first kappa shape index (κ1) is 21.7. The van der Waals surface area contributed by atoms with Gasteiger partial charge >= 0.3 is 0 Å². The first-order chi connectivity index (χ1) is 16.2. The van der Waals surface area contributed by atoms with Gasteiger partial charge in [0.05, 0.1) is 0 Å². The van der Waals surface area contributed by atoms with Crippen molar-refractivity contribution in [3.63, 3.8) is 0 Å². The lowest BCUT2D eigenvalue weighted by Crippen LogP contribution is -2.48. The van der Waals surface area contributed by atoms with Crippen LogP contribution in [0.4, 0.5) is 0 Å². The van der Waals surface area contributed by atoms with Crippen LogP contribution in [0.5, 0.6) is 5.75 Å². The Hall–Kier alpha value is -3.09. The summed E-state index contributed by atoms with van der Waals surface area (Å²) in [7, 11) is 0. The van der Waals surface area contributed by atoms with Crippen LogP contribution in [0.2, 0.25) is 0 Å². The lowest BCUT2D eigenvalue weighted by Gasteiger charge is -2.34. The minimum absolute atomic E-state index is 0.0630. The van der Waals surface area contributed by atoms with Gasteiger partial charge in [-0.25, -0.2) is 0 Å². The normalized spacial score (nSPS) is 14.5. The van der Waals surface area contributed by atoms with E-state index in [2.05, 4.69) is 51.2 Å². The molecule has 168 valence electrons. The van der Waals surface area contributed by atoms with E-state index in [4.69, 9.17) is 9.15 Å². The van der Waals surface area contributed by atoms with Crippen LogP contribution in [0.15, 0.2) is 87.8 Å². The maximum atomic E-state index is 12.9. The molecular weight excluding hydrogens is 480 g/mol. The minimum Gasteiger partial charge on any atom is -0.485 e. The molecule has 0 radical (unpaired) electrons. The molecule has 5 rings (SSSR count). The number of fused-ring (bicyclic) bond motifs is 1. The van der Waals surface area contributed by atoms with Crippen LogP contribution in [-0.4, -0.2) is 41.9 Å². The summed E-state index contributed by atoms with van der Waals surface area (Å²) in [6.45, 7) is 4.20. The molecule has 6 heteroatoms. The summed E-state index contributed by atoms with van der Waals surface area (Å²) in [5.74, 6) is 1.75. The highest BCUT2D eigenvalue weighted by molar-refractivity contribution is 9.10. The third-order valence-electron chi connectivity index (χ3n) is 6.00. The van der Waals surface area contributed by atoms with E-state index in [-0.39, 0.29) is 12.5 Å². The van der Waals surface area contributed by atoms with Gasteiger partial charge in [-0.1, -0.05) is 70.5 Å². The van der Waals surface area contributed by atoms with E-state index in [0.717, 1.165) is 40.6 Å². The molecule has 0 saturated carbocycles. The van der Waals surface area contributed by atoms with Crippen LogP contribution >= 0.6 is 15.9 Å². The molecule has 1 aliphatic rings. The summed E-state index contributed by atoms with van der Waals surface area (Å²) in [4.78, 5) is 17.2. The molecule has 3 aromatic carbocycles. The van der Waals surface area contributed by atoms with E-state index in [1.807, 2.05) is 47.4 Å². The predicted octanol–water partition coefficient (Wildman–Crippen LogP) is 5.73. The molecule has 0 spiro atoms. The third-order valence-corrected chi connectivity index (χ3v) is 6.78. The summed E-state index contributed by atoms with van der Waals surface area (Å²) in [6.07, 6.45) is 0. The van der Waals surface area contributed by atoms with Gasteiger partial charge in [0.2, 0.25) is 0 Å². The van der Waals surface area contributed by atoms with Crippen molar-refractivity contribution in [3.05, 3.63) is 100 Å². The second-order valence-electron chi connectivity index (χ2n) is 8.19. The number of amides is 1. The van der Waals surface area contributed by atoms with Crippen LogP contribution in [0, 0.1) is 0 Å². The highest BCUT2D eigenvalue weighted by Crippen LogP contribution is 2.26. The topological polar surface area (TPSA) is 45.9 Å². The first-order valence-corrected chi connectivity index (χ1v) is 11.9. The number of piperazine rings is 1. The van der Waals surface area contributed by atoms with Gasteiger partial charge in [0.15, 0.2) is 5.76 Å². The van der Waals surface area contributed by atoms with Gasteiger partial charge in [-0.15, -0.1) is 0 Å². The molecule has 5 nitrogen and oxygen atoms in total. The zero-order valence-electron chi connectivity index (χ0n) is 18.2. The number of hydrogen-bond donors (Lipinski definition) is 0. The van der Waals surface area contributed by atoms with E-state index in [0.29, 0.717) is 24.6 Å². The predicted molar refractivity (Wildman–Crippen MR) is 132 cm³/mol. The van der Waals surface area contributed by atoms with Crippen LogP contribution < -0.4 is 4.74 Å². The van der Waals surface area contributed by atoms with Gasteiger partial charge in [0.25, 0.3) is 5.91 Å². The number of nitrogens with zero attached hydrogens (tertiary/aromatic N) is 2. The number of carbonyl (C=O) groups excluding carboxylic acids is 1. The third kappa shape index (κ3) is 4.97. The van der Waals surface area contributed by atoms with E-state index in [9.17, 15) is 4.79 Å². The number of hydrogen-bond acceptors (Lipinski definition) is 4. The number of ether oxygens (including phenoxy) is 1. The van der Waals surface area contributed by atoms with Crippen molar-refractivity contribution in [2.24, 2.45) is 0 Å². The van der Waals surface area contributed by atoms with Gasteiger partial charge < -0.3 is 14.1 Å². The highest BCUT2D eigenvalue weighted by atomic mass is 79.9. The fourth-order valence-corrected chi connectivity index (χ4v) is 4.58. The molecule has 1 saturated heterocycles. The monoisotopic (exact) mass is 504 g/mol. The Morgan fingerprint density at radius 1 is 0.879 bits per heavy atom. The SMILES string of the molecule is O=C(c1ccc(COc2cccc3ccccc23)o1)N1CCN(Cc2ccccc2Br)CC1. The summed E-state index contributed by atoms with van der Waals surface area (Å²) >= 11 is 3.62. The second-order valence-corrected chi connectivity index (χ2v) is 9.05. The Bertz CT molecular complexity index is 1260. The van der Waals surface area contributed by atoms with Crippen LogP contribution in [0.25, 0.3) is 10.8 Å². The quantitative estimate of drug-likeness (QED) is 0.336. The summed E-state index contributed by atoms with van der Waals surface area (Å²) < 4.78 is 13.0. The maximum Gasteiger partial charge on any atom is 0.289 e. The van der Waals surface area contributed by atoms with Crippen LogP contribution in [0.1, 0.15) is 21.9 Å². The molecule has 0 atom stereocenters. The van der Waals surface area contributed by atoms with Crippen molar-refractivity contribution in [2.45, 2.75) is 13.2 Å². The van der Waals surface area contributed by atoms with Crippen molar-refractivity contribution in [1.82, 2.24) is 9.80 Å². The average molecular weight is 505 g/mol. The van der Waals surface area contributed by atoms with Gasteiger partial charge in [-0.2, -0.15) is 0 Å². The minimum atomic E-state index is -0.0630. The fourth-order valence-electron chi connectivity index (χ4n) is 4.17. The van der Waals surface area contributed by atoms with Crippen molar-refractivity contribution < 1.29 is 13.9 Å². The average Bonchev–Trinajstić information content (AvgIpc) is 3.33. The van der Waals surface area contributed by atoms with Crippen LogP contribution in [0.3, 0.4) is 0 Å². The largest absolute Gasteiger partial charge is 0.485 e. The maximum absolute atomic E-state index is 12.9. The summed E-state index contributed by atoms with van der Waals surface area (Å²) in [6, 6.07) is 25.9. The number of benzene rings is 3. The highest BCUT2D eigenvalue weighted by Gasteiger charge is 2.24. The van der Waals surface area contributed by atoms with E-state index < -0.39 is 0 Å². The smallest absolute Gasteiger partial charge is 0.289 e. The lowest BCUT2D eigenvalue weighted by atomic mass is 10.1.